The van der Waals surface area contributed by atoms with E-state index in [1.54, 1.807) is 0 Å². The van der Waals surface area contributed by atoms with Crippen molar-refractivity contribution in [2.75, 3.05) is 7.11 Å². The number of hydrogen-bond donors (Lipinski definition) is 0. The zero-order chi connectivity index (χ0) is 15.5. The highest BCUT2D eigenvalue weighted by molar-refractivity contribution is 5.72. The van der Waals surface area contributed by atoms with Gasteiger partial charge in [0.05, 0.1) is 13.0 Å². The molecule has 1 aliphatic rings. The minimum atomic E-state index is -0.174. The van der Waals surface area contributed by atoms with Gasteiger partial charge in [-0.25, -0.2) is 0 Å². The fraction of sp³-hybridized carbons (Fsp3) is 0.438. The van der Waals surface area contributed by atoms with Gasteiger partial charge in [-0.1, -0.05) is 17.7 Å². The molecule has 0 amide bonds. The smallest absolute Gasteiger partial charge is 0.309 e. The molecular formula is C16H19N3O3. The topological polar surface area (TPSA) is 66.2 Å². The summed E-state index contributed by atoms with van der Waals surface area (Å²) in [6.07, 6.45) is 1.32. The zero-order valence-electron chi connectivity index (χ0n) is 12.8. The van der Waals surface area contributed by atoms with E-state index >= 15 is 0 Å². The second-order valence-electron chi connectivity index (χ2n) is 5.50. The van der Waals surface area contributed by atoms with E-state index in [1.165, 1.54) is 12.7 Å². The van der Waals surface area contributed by atoms with E-state index in [2.05, 4.69) is 10.2 Å². The van der Waals surface area contributed by atoms with Gasteiger partial charge in [0.15, 0.2) is 5.82 Å². The molecule has 2 heterocycles. The van der Waals surface area contributed by atoms with E-state index < -0.39 is 0 Å². The summed E-state index contributed by atoms with van der Waals surface area (Å²) in [5, 5.41) is 8.36. The SMILES string of the molecule is COC(=O)C1CCn2c(COc3ccc(C)cc3)nnc2C1. The molecule has 0 fully saturated rings. The fourth-order valence-electron chi connectivity index (χ4n) is 2.65. The number of esters is 1. The number of hydrogen-bond acceptors (Lipinski definition) is 5. The first-order valence-corrected chi connectivity index (χ1v) is 7.35. The lowest BCUT2D eigenvalue weighted by Crippen LogP contribution is -2.27. The van der Waals surface area contributed by atoms with Crippen LogP contribution in [0.3, 0.4) is 0 Å². The maximum Gasteiger partial charge on any atom is 0.309 e. The Kier molecular flexibility index (Phi) is 4.09. The molecule has 0 N–H and O–H groups in total. The van der Waals surface area contributed by atoms with Crippen molar-refractivity contribution in [1.29, 1.82) is 0 Å². The lowest BCUT2D eigenvalue weighted by molar-refractivity contribution is -0.146. The minimum Gasteiger partial charge on any atom is -0.486 e. The average molecular weight is 301 g/mol. The fourth-order valence-corrected chi connectivity index (χ4v) is 2.65. The highest BCUT2D eigenvalue weighted by atomic mass is 16.5. The Morgan fingerprint density at radius 1 is 1.32 bits per heavy atom. The number of rotatable bonds is 4. The van der Waals surface area contributed by atoms with Gasteiger partial charge in [-0.3, -0.25) is 4.79 Å². The third-order valence-corrected chi connectivity index (χ3v) is 3.96. The van der Waals surface area contributed by atoms with Gasteiger partial charge in [0.1, 0.15) is 18.2 Å². The van der Waals surface area contributed by atoms with Crippen molar-refractivity contribution in [1.82, 2.24) is 14.8 Å². The second-order valence-corrected chi connectivity index (χ2v) is 5.50. The monoisotopic (exact) mass is 301 g/mol. The summed E-state index contributed by atoms with van der Waals surface area (Å²) in [5.41, 5.74) is 1.20. The maximum atomic E-state index is 11.6. The van der Waals surface area contributed by atoms with E-state index in [4.69, 9.17) is 9.47 Å². The van der Waals surface area contributed by atoms with E-state index in [9.17, 15) is 4.79 Å². The van der Waals surface area contributed by atoms with Crippen molar-refractivity contribution >= 4 is 5.97 Å². The van der Waals surface area contributed by atoms with Crippen molar-refractivity contribution in [2.24, 2.45) is 5.92 Å². The summed E-state index contributed by atoms with van der Waals surface area (Å²) < 4.78 is 12.6. The van der Waals surface area contributed by atoms with Crippen LogP contribution < -0.4 is 4.74 Å². The van der Waals surface area contributed by atoms with Crippen LogP contribution in [0.15, 0.2) is 24.3 Å². The first-order valence-electron chi connectivity index (χ1n) is 7.35. The molecule has 1 aromatic carbocycles. The van der Waals surface area contributed by atoms with Gasteiger partial charge < -0.3 is 14.0 Å². The summed E-state index contributed by atoms with van der Waals surface area (Å²) in [7, 11) is 1.42. The minimum absolute atomic E-state index is 0.118. The van der Waals surface area contributed by atoms with Gasteiger partial charge in [0.2, 0.25) is 0 Å². The van der Waals surface area contributed by atoms with Crippen molar-refractivity contribution < 1.29 is 14.3 Å². The number of carbonyl (C=O) groups excluding carboxylic acids is 1. The number of methoxy groups -OCH3 is 1. The number of fused-ring (bicyclic) bond motifs is 1. The summed E-state index contributed by atoms with van der Waals surface area (Å²) in [5.74, 6) is 2.13. The van der Waals surface area contributed by atoms with Gasteiger partial charge in [-0.05, 0) is 25.5 Å². The molecule has 1 aromatic heterocycles. The molecular weight excluding hydrogens is 282 g/mol. The molecule has 22 heavy (non-hydrogen) atoms. The summed E-state index contributed by atoms with van der Waals surface area (Å²) in [4.78, 5) is 11.6. The molecule has 1 unspecified atom stereocenters. The number of ether oxygens (including phenoxy) is 2. The molecule has 6 nitrogen and oxygen atoms in total. The molecule has 0 aliphatic carbocycles. The van der Waals surface area contributed by atoms with Crippen LogP contribution in [0.5, 0.6) is 5.75 Å². The number of aromatic nitrogens is 3. The highest BCUT2D eigenvalue weighted by Gasteiger charge is 2.28. The Bertz CT molecular complexity index is 664. The second kappa shape index (κ2) is 6.17. The maximum absolute atomic E-state index is 11.6. The molecule has 1 aliphatic heterocycles. The Balaban J connectivity index is 1.66. The molecule has 0 spiro atoms. The Morgan fingerprint density at radius 2 is 2.09 bits per heavy atom. The van der Waals surface area contributed by atoms with Gasteiger partial charge >= 0.3 is 5.97 Å². The van der Waals surface area contributed by atoms with Crippen LogP contribution in [0.1, 0.15) is 23.6 Å². The van der Waals surface area contributed by atoms with Gasteiger partial charge in [-0.2, -0.15) is 0 Å². The number of aryl methyl sites for hydroxylation is 1. The van der Waals surface area contributed by atoms with Gasteiger partial charge in [-0.15, -0.1) is 10.2 Å². The lowest BCUT2D eigenvalue weighted by Gasteiger charge is -2.21. The Morgan fingerprint density at radius 3 is 2.82 bits per heavy atom. The van der Waals surface area contributed by atoms with Gasteiger partial charge in [0, 0.05) is 13.0 Å². The lowest BCUT2D eigenvalue weighted by atomic mass is 9.98. The molecule has 0 radical (unpaired) electrons. The highest BCUT2D eigenvalue weighted by Crippen LogP contribution is 2.22. The van der Waals surface area contributed by atoms with Crippen LogP contribution in [0.25, 0.3) is 0 Å². The summed E-state index contributed by atoms with van der Waals surface area (Å²) in [6, 6.07) is 7.90. The standard InChI is InChI=1S/C16H19N3O3/c1-11-3-5-13(6-4-11)22-10-15-18-17-14-9-12(16(20)21-2)7-8-19(14)15/h3-6,12H,7-10H2,1-2H3. The molecule has 3 rings (SSSR count). The largest absolute Gasteiger partial charge is 0.486 e. The van der Waals surface area contributed by atoms with Crippen LogP contribution in [0.2, 0.25) is 0 Å². The average Bonchev–Trinajstić information content (AvgIpc) is 2.96. The molecule has 1 atom stereocenters. The molecule has 6 heteroatoms. The number of benzene rings is 1. The van der Waals surface area contributed by atoms with E-state index in [0.717, 1.165) is 23.8 Å². The summed E-state index contributed by atoms with van der Waals surface area (Å²) in [6.45, 7) is 3.13. The molecule has 116 valence electrons. The number of nitrogens with zero attached hydrogens (tertiary/aromatic N) is 3. The van der Waals surface area contributed by atoms with Crippen molar-refractivity contribution in [3.63, 3.8) is 0 Å². The molecule has 2 aromatic rings. The van der Waals surface area contributed by atoms with E-state index in [0.29, 0.717) is 19.6 Å². The van der Waals surface area contributed by atoms with Crippen LogP contribution in [-0.2, 0) is 29.1 Å². The van der Waals surface area contributed by atoms with E-state index in [1.807, 2.05) is 35.8 Å². The van der Waals surface area contributed by atoms with Crippen LogP contribution >= 0.6 is 0 Å². The number of carbonyl (C=O) groups is 1. The van der Waals surface area contributed by atoms with Crippen LogP contribution in [-0.4, -0.2) is 27.8 Å². The van der Waals surface area contributed by atoms with Gasteiger partial charge in [0.25, 0.3) is 0 Å². The Labute approximate surface area is 129 Å². The first kappa shape index (κ1) is 14.6. The third-order valence-electron chi connectivity index (χ3n) is 3.96. The predicted molar refractivity (Wildman–Crippen MR) is 79.4 cm³/mol. The normalized spacial score (nSPS) is 16.9. The molecule has 0 bridgehead atoms. The summed E-state index contributed by atoms with van der Waals surface area (Å²) >= 11 is 0. The van der Waals surface area contributed by atoms with Crippen LogP contribution in [0.4, 0.5) is 0 Å². The first-order chi connectivity index (χ1) is 10.7. The molecule has 0 saturated heterocycles. The van der Waals surface area contributed by atoms with E-state index in [-0.39, 0.29) is 11.9 Å². The van der Waals surface area contributed by atoms with Crippen molar-refractivity contribution in [3.05, 3.63) is 41.5 Å². The van der Waals surface area contributed by atoms with Crippen molar-refractivity contribution in [2.45, 2.75) is 32.9 Å². The molecule has 0 saturated carbocycles. The quantitative estimate of drug-likeness (QED) is 0.807. The zero-order valence-corrected chi connectivity index (χ0v) is 12.8. The Hall–Kier alpha value is -2.37. The third kappa shape index (κ3) is 2.95. The predicted octanol–water partition coefficient (Wildman–Crippen LogP) is 1.90. The van der Waals surface area contributed by atoms with Crippen LogP contribution in [0, 0.1) is 12.8 Å². The van der Waals surface area contributed by atoms with Crippen molar-refractivity contribution in [3.8, 4) is 5.75 Å².